The minimum absolute atomic E-state index is 0.0893. The van der Waals surface area contributed by atoms with Crippen LogP contribution in [0.2, 0.25) is 0 Å². The third kappa shape index (κ3) is 8.96. The normalized spacial score (nSPS) is 12.6. The molecule has 3 aromatic carbocycles. The van der Waals surface area contributed by atoms with Crippen molar-refractivity contribution < 1.29 is 19.4 Å². The van der Waals surface area contributed by atoms with Crippen LogP contribution in [0.4, 0.5) is 0 Å². The molecule has 1 atom stereocenters. The number of carbonyl (C=O) groups is 2. The Morgan fingerprint density at radius 3 is 2.08 bits per heavy atom. The number of hydrogen-bond donors (Lipinski definition) is 2. The van der Waals surface area contributed by atoms with Crippen molar-refractivity contribution in [2.24, 2.45) is 0 Å². The van der Waals surface area contributed by atoms with Gasteiger partial charge >= 0.3 is 5.97 Å². The van der Waals surface area contributed by atoms with E-state index in [-0.39, 0.29) is 25.0 Å². The summed E-state index contributed by atoms with van der Waals surface area (Å²) in [5, 5.41) is 12.0. The summed E-state index contributed by atoms with van der Waals surface area (Å²) >= 11 is 6.04. The number of amides is 1. The molecule has 0 radical (unpaired) electrons. The quantitative estimate of drug-likeness (QED) is 0.270. The molecule has 3 rings (SSSR count). The molecule has 0 bridgehead atoms. The van der Waals surface area contributed by atoms with Gasteiger partial charge < -0.3 is 15.2 Å². The second-order valence-electron chi connectivity index (χ2n) is 8.96. The summed E-state index contributed by atoms with van der Waals surface area (Å²) in [5.74, 6) is -0.489. The van der Waals surface area contributed by atoms with E-state index in [0.29, 0.717) is 17.0 Å². The zero-order valence-electron chi connectivity index (χ0n) is 21.3. The highest BCUT2D eigenvalue weighted by Crippen LogP contribution is 2.25. The molecule has 5 nitrogen and oxygen atoms in total. The van der Waals surface area contributed by atoms with E-state index in [0.717, 1.165) is 28.0 Å². The van der Waals surface area contributed by atoms with Crippen molar-refractivity contribution in [3.05, 3.63) is 112 Å². The first-order valence-corrected chi connectivity index (χ1v) is 12.5. The summed E-state index contributed by atoms with van der Waals surface area (Å²) in [5.41, 5.74) is 5.99. The topological polar surface area (TPSA) is 75.6 Å². The van der Waals surface area contributed by atoms with E-state index >= 15 is 0 Å². The molecule has 3 aromatic rings. The molecule has 1 amide bonds. The number of rotatable bonds is 11. The van der Waals surface area contributed by atoms with Gasteiger partial charge in [0.25, 0.3) is 5.91 Å². The summed E-state index contributed by atoms with van der Waals surface area (Å²) in [4.78, 5) is 22.9. The number of allylic oxidation sites excluding steroid dienone is 3. The Morgan fingerprint density at radius 2 is 1.51 bits per heavy atom. The van der Waals surface area contributed by atoms with Gasteiger partial charge in [-0.1, -0.05) is 71.8 Å². The number of benzene rings is 3. The highest BCUT2D eigenvalue weighted by atomic mass is 35.5. The lowest BCUT2D eigenvalue weighted by atomic mass is 10.00. The number of aryl methyl sites for hydroxylation is 1. The van der Waals surface area contributed by atoms with Crippen LogP contribution in [0.5, 0.6) is 5.75 Å². The first kappa shape index (κ1) is 27.8. The summed E-state index contributed by atoms with van der Waals surface area (Å²) in [7, 11) is 0. The van der Waals surface area contributed by atoms with Crippen molar-refractivity contribution in [1.82, 2.24) is 5.32 Å². The highest BCUT2D eigenvalue weighted by Gasteiger charge is 2.15. The molecule has 0 aromatic heterocycles. The summed E-state index contributed by atoms with van der Waals surface area (Å²) in [6.45, 7) is 5.99. The molecular weight excluding hydrogens is 486 g/mol. The van der Waals surface area contributed by atoms with E-state index in [1.807, 2.05) is 50.3 Å². The van der Waals surface area contributed by atoms with Gasteiger partial charge in [-0.15, -0.1) is 0 Å². The summed E-state index contributed by atoms with van der Waals surface area (Å²) in [6, 6.07) is 23.7. The van der Waals surface area contributed by atoms with E-state index in [9.17, 15) is 9.59 Å². The van der Waals surface area contributed by atoms with Crippen LogP contribution in [0.1, 0.15) is 41.8 Å². The molecule has 192 valence electrons. The molecule has 0 saturated heterocycles. The molecule has 0 aliphatic heterocycles. The van der Waals surface area contributed by atoms with Gasteiger partial charge in [-0.3, -0.25) is 9.59 Å². The Bertz CT molecular complexity index is 1260. The van der Waals surface area contributed by atoms with Gasteiger partial charge in [0.15, 0.2) is 0 Å². The molecule has 0 heterocycles. The molecule has 6 heteroatoms. The average Bonchev–Trinajstić information content (AvgIpc) is 2.88. The minimum Gasteiger partial charge on any atom is -0.486 e. The van der Waals surface area contributed by atoms with E-state index in [1.54, 1.807) is 12.1 Å². The lowest BCUT2D eigenvalue weighted by Gasteiger charge is -2.21. The molecular formula is C31H32ClNO4. The standard InChI is InChI=1S/C31H32ClNO4/c1-21-4-10-25(11-5-21)26-14-16-28(17-15-26)37-29(22(2)6-7-23(3)32)20-24-8-12-27(13-9-24)31(36)33-19-18-30(34)35/h4-17,29H,18-20H2,1-3H3,(H,33,36)(H,34,35)/b22-6+,23-7+. The number of hydrogen-bond acceptors (Lipinski definition) is 3. The molecule has 2 N–H and O–H groups in total. The number of halogens is 1. The van der Waals surface area contributed by atoms with Crippen LogP contribution in [-0.2, 0) is 11.2 Å². The van der Waals surface area contributed by atoms with Crippen molar-refractivity contribution in [3.63, 3.8) is 0 Å². The van der Waals surface area contributed by atoms with E-state index in [4.69, 9.17) is 21.4 Å². The van der Waals surface area contributed by atoms with Gasteiger partial charge in [0.1, 0.15) is 11.9 Å². The van der Waals surface area contributed by atoms with Crippen LogP contribution in [0.25, 0.3) is 11.1 Å². The summed E-state index contributed by atoms with van der Waals surface area (Å²) < 4.78 is 6.40. The van der Waals surface area contributed by atoms with Gasteiger partial charge in [-0.25, -0.2) is 0 Å². The van der Waals surface area contributed by atoms with E-state index < -0.39 is 5.97 Å². The lowest BCUT2D eigenvalue weighted by Crippen LogP contribution is -2.26. The van der Waals surface area contributed by atoms with Crippen molar-refractivity contribution in [2.45, 2.75) is 39.7 Å². The maximum absolute atomic E-state index is 12.2. The number of ether oxygens (including phenoxy) is 1. The van der Waals surface area contributed by atoms with Gasteiger partial charge in [-0.05, 0) is 73.4 Å². The maximum Gasteiger partial charge on any atom is 0.305 e. The Morgan fingerprint density at radius 1 is 0.919 bits per heavy atom. The van der Waals surface area contributed by atoms with E-state index in [1.165, 1.54) is 5.56 Å². The summed E-state index contributed by atoms with van der Waals surface area (Å²) in [6.07, 6.45) is 4.04. The predicted molar refractivity (Wildman–Crippen MR) is 149 cm³/mol. The van der Waals surface area contributed by atoms with Crippen LogP contribution >= 0.6 is 11.6 Å². The predicted octanol–water partition coefficient (Wildman–Crippen LogP) is 6.95. The Hall–Kier alpha value is -3.83. The van der Waals surface area contributed by atoms with Gasteiger partial charge in [0.05, 0.1) is 6.42 Å². The third-order valence-corrected chi connectivity index (χ3v) is 5.99. The van der Waals surface area contributed by atoms with Crippen molar-refractivity contribution >= 4 is 23.5 Å². The van der Waals surface area contributed by atoms with Crippen LogP contribution in [-0.4, -0.2) is 29.6 Å². The monoisotopic (exact) mass is 517 g/mol. The van der Waals surface area contributed by atoms with Crippen LogP contribution in [0, 0.1) is 6.92 Å². The van der Waals surface area contributed by atoms with Crippen molar-refractivity contribution in [3.8, 4) is 16.9 Å². The number of carboxylic acid groups (broad SMARTS) is 1. The molecule has 0 aliphatic carbocycles. The Balaban J connectivity index is 1.74. The molecule has 0 saturated carbocycles. The average molecular weight is 518 g/mol. The number of nitrogens with one attached hydrogen (secondary N) is 1. The largest absolute Gasteiger partial charge is 0.486 e. The Labute approximate surface area is 223 Å². The molecule has 0 fully saturated rings. The minimum atomic E-state index is -0.950. The fraction of sp³-hybridized carbons (Fsp3) is 0.226. The zero-order valence-corrected chi connectivity index (χ0v) is 22.1. The van der Waals surface area contributed by atoms with Crippen molar-refractivity contribution in [2.75, 3.05) is 6.54 Å². The molecule has 0 aliphatic rings. The molecule has 0 spiro atoms. The second-order valence-corrected chi connectivity index (χ2v) is 9.56. The van der Waals surface area contributed by atoms with Crippen LogP contribution in [0.15, 0.2) is 95.6 Å². The molecule has 1 unspecified atom stereocenters. The first-order chi connectivity index (χ1) is 17.7. The van der Waals surface area contributed by atoms with Crippen molar-refractivity contribution in [1.29, 1.82) is 0 Å². The smallest absolute Gasteiger partial charge is 0.305 e. The number of carbonyl (C=O) groups excluding carboxylic acids is 1. The lowest BCUT2D eigenvalue weighted by molar-refractivity contribution is -0.136. The maximum atomic E-state index is 12.2. The number of carboxylic acids is 1. The van der Waals surface area contributed by atoms with Gasteiger partial charge in [0.2, 0.25) is 0 Å². The third-order valence-electron chi connectivity index (χ3n) is 5.86. The first-order valence-electron chi connectivity index (χ1n) is 12.1. The number of aliphatic carboxylic acids is 1. The SMILES string of the molecule is C/C(Cl)=C\C=C(/C)C(Cc1ccc(C(=O)NCCC(=O)O)cc1)Oc1ccc(-c2ccc(C)cc2)cc1. The second kappa shape index (κ2) is 13.5. The molecule has 37 heavy (non-hydrogen) atoms. The fourth-order valence-electron chi connectivity index (χ4n) is 3.68. The van der Waals surface area contributed by atoms with Crippen LogP contribution in [0.3, 0.4) is 0 Å². The zero-order chi connectivity index (χ0) is 26.8. The fourth-order valence-corrected chi connectivity index (χ4v) is 3.74. The highest BCUT2D eigenvalue weighted by molar-refractivity contribution is 6.29. The van der Waals surface area contributed by atoms with E-state index in [2.05, 4.69) is 48.6 Å². The van der Waals surface area contributed by atoms with Crippen LogP contribution < -0.4 is 10.1 Å². The van der Waals surface area contributed by atoms with Gasteiger partial charge in [-0.2, -0.15) is 0 Å². The van der Waals surface area contributed by atoms with Gasteiger partial charge in [0, 0.05) is 23.6 Å². The Kier molecular flexibility index (Phi) is 10.1.